The lowest BCUT2D eigenvalue weighted by atomic mass is 9.92. The normalized spacial score (nSPS) is 25.3. The molecule has 2 fully saturated rings. The van der Waals surface area contributed by atoms with Gasteiger partial charge in [0.1, 0.15) is 6.10 Å². The van der Waals surface area contributed by atoms with Gasteiger partial charge in [-0.1, -0.05) is 0 Å². The number of ether oxygens (including phenoxy) is 1. The van der Waals surface area contributed by atoms with Crippen LogP contribution in [0.1, 0.15) is 38.5 Å². The van der Waals surface area contributed by atoms with E-state index in [1.54, 1.807) is 0 Å². The molecule has 1 amide bonds. The lowest BCUT2D eigenvalue weighted by molar-refractivity contribution is -0.143. The maximum absolute atomic E-state index is 12.1. The summed E-state index contributed by atoms with van der Waals surface area (Å²) < 4.78 is 5.40. The Hall–Kier alpha value is -1.10. The van der Waals surface area contributed by atoms with E-state index in [1.807, 2.05) is 4.90 Å². The van der Waals surface area contributed by atoms with Crippen LogP contribution in [0.5, 0.6) is 0 Å². The zero-order valence-electron chi connectivity index (χ0n) is 10.6. The van der Waals surface area contributed by atoms with Gasteiger partial charge in [-0.15, -0.1) is 0 Å². The minimum atomic E-state index is -0.729. The Labute approximate surface area is 107 Å². The van der Waals surface area contributed by atoms with Crippen molar-refractivity contribution >= 4 is 11.9 Å². The standard InChI is InChI=1S/C13H21NO4/c15-12(16)4-3-10-5-7-14(8-6-10)13(17)11-2-1-9-18-11/h10-11H,1-9H2,(H,15,16)/t11-/m0/s1. The zero-order valence-corrected chi connectivity index (χ0v) is 10.6. The molecule has 18 heavy (non-hydrogen) atoms. The number of likely N-dealkylation sites (tertiary alicyclic amines) is 1. The van der Waals surface area contributed by atoms with Crippen molar-refractivity contribution in [2.24, 2.45) is 5.92 Å². The van der Waals surface area contributed by atoms with E-state index in [9.17, 15) is 9.59 Å². The van der Waals surface area contributed by atoms with Gasteiger partial charge in [0.25, 0.3) is 5.91 Å². The maximum atomic E-state index is 12.1. The van der Waals surface area contributed by atoms with Crippen LogP contribution in [0.25, 0.3) is 0 Å². The van der Waals surface area contributed by atoms with Crippen LogP contribution < -0.4 is 0 Å². The average molecular weight is 255 g/mol. The van der Waals surface area contributed by atoms with Crippen LogP contribution in [-0.2, 0) is 14.3 Å². The third-order valence-electron chi connectivity index (χ3n) is 3.90. The van der Waals surface area contributed by atoms with Gasteiger partial charge in [-0.25, -0.2) is 0 Å². The number of nitrogens with zero attached hydrogens (tertiary/aromatic N) is 1. The number of aliphatic carboxylic acids is 1. The Kier molecular flexibility index (Phi) is 4.58. The van der Waals surface area contributed by atoms with Crippen molar-refractivity contribution in [2.75, 3.05) is 19.7 Å². The number of carbonyl (C=O) groups excluding carboxylic acids is 1. The summed E-state index contributed by atoms with van der Waals surface area (Å²) in [4.78, 5) is 24.5. The van der Waals surface area contributed by atoms with E-state index in [0.29, 0.717) is 12.5 Å². The predicted octanol–water partition coefficient (Wildman–Crippen LogP) is 1.27. The third-order valence-corrected chi connectivity index (χ3v) is 3.90. The number of piperidine rings is 1. The predicted molar refractivity (Wildman–Crippen MR) is 65.1 cm³/mol. The molecule has 2 saturated heterocycles. The first-order valence-corrected chi connectivity index (χ1v) is 6.79. The highest BCUT2D eigenvalue weighted by molar-refractivity contribution is 5.81. The molecule has 1 N–H and O–H groups in total. The molecule has 2 heterocycles. The Bertz CT molecular complexity index is 304. The van der Waals surface area contributed by atoms with Crippen LogP contribution in [0.4, 0.5) is 0 Å². The molecule has 0 unspecified atom stereocenters. The van der Waals surface area contributed by atoms with E-state index in [1.165, 1.54) is 0 Å². The topological polar surface area (TPSA) is 66.8 Å². The number of rotatable bonds is 4. The molecule has 0 aromatic carbocycles. The summed E-state index contributed by atoms with van der Waals surface area (Å²) in [5.74, 6) is -0.147. The maximum Gasteiger partial charge on any atom is 0.303 e. The van der Waals surface area contributed by atoms with Gasteiger partial charge in [-0.05, 0) is 38.0 Å². The number of hydrogen-bond acceptors (Lipinski definition) is 3. The van der Waals surface area contributed by atoms with Gasteiger partial charge in [-0.3, -0.25) is 9.59 Å². The van der Waals surface area contributed by atoms with Crippen molar-refractivity contribution in [1.29, 1.82) is 0 Å². The first-order valence-electron chi connectivity index (χ1n) is 6.79. The largest absolute Gasteiger partial charge is 0.481 e. The molecule has 2 aliphatic rings. The summed E-state index contributed by atoms with van der Waals surface area (Å²) in [7, 11) is 0. The van der Waals surface area contributed by atoms with Gasteiger partial charge >= 0.3 is 5.97 Å². The third kappa shape index (κ3) is 3.45. The van der Waals surface area contributed by atoms with Crippen LogP contribution in [0.15, 0.2) is 0 Å². The number of amides is 1. The Morgan fingerprint density at radius 3 is 2.50 bits per heavy atom. The SMILES string of the molecule is O=C(O)CCC1CCN(C(=O)[C@@H]2CCCO2)CC1. The van der Waals surface area contributed by atoms with E-state index >= 15 is 0 Å². The molecule has 0 bridgehead atoms. The van der Waals surface area contributed by atoms with Crippen molar-refractivity contribution in [3.63, 3.8) is 0 Å². The molecule has 0 saturated carbocycles. The molecule has 0 radical (unpaired) electrons. The quantitative estimate of drug-likeness (QED) is 0.821. The highest BCUT2D eigenvalue weighted by Gasteiger charge is 2.30. The molecule has 1 atom stereocenters. The van der Waals surface area contributed by atoms with Crippen LogP contribution in [0, 0.1) is 5.92 Å². The second-order valence-corrected chi connectivity index (χ2v) is 5.20. The van der Waals surface area contributed by atoms with Crippen LogP contribution in [0.3, 0.4) is 0 Å². The van der Waals surface area contributed by atoms with Gasteiger partial charge in [0.15, 0.2) is 0 Å². The molecule has 0 aliphatic carbocycles. The van der Waals surface area contributed by atoms with Crippen LogP contribution >= 0.6 is 0 Å². The van der Waals surface area contributed by atoms with Crippen molar-refractivity contribution in [3.8, 4) is 0 Å². The number of hydrogen-bond donors (Lipinski definition) is 1. The first kappa shape index (κ1) is 13.3. The zero-order chi connectivity index (χ0) is 13.0. The van der Waals surface area contributed by atoms with Gasteiger partial charge in [0.05, 0.1) is 0 Å². The summed E-state index contributed by atoms with van der Waals surface area (Å²) >= 11 is 0. The van der Waals surface area contributed by atoms with Crippen molar-refractivity contribution in [2.45, 2.75) is 44.6 Å². The Morgan fingerprint density at radius 2 is 1.94 bits per heavy atom. The van der Waals surface area contributed by atoms with Crippen molar-refractivity contribution in [1.82, 2.24) is 4.90 Å². The molecular formula is C13H21NO4. The van der Waals surface area contributed by atoms with E-state index in [-0.39, 0.29) is 18.4 Å². The number of carboxylic acids is 1. The highest BCUT2D eigenvalue weighted by atomic mass is 16.5. The molecule has 0 aromatic heterocycles. The van der Waals surface area contributed by atoms with Gasteiger partial charge < -0.3 is 14.7 Å². The Morgan fingerprint density at radius 1 is 1.22 bits per heavy atom. The van der Waals surface area contributed by atoms with Crippen molar-refractivity contribution in [3.05, 3.63) is 0 Å². The van der Waals surface area contributed by atoms with Gasteiger partial charge in [0.2, 0.25) is 0 Å². The van der Waals surface area contributed by atoms with E-state index in [4.69, 9.17) is 9.84 Å². The fraction of sp³-hybridized carbons (Fsp3) is 0.846. The molecule has 5 nitrogen and oxygen atoms in total. The molecule has 102 valence electrons. The fourth-order valence-corrected chi connectivity index (χ4v) is 2.75. The summed E-state index contributed by atoms with van der Waals surface area (Å²) in [5.41, 5.74) is 0. The lowest BCUT2D eigenvalue weighted by Gasteiger charge is -2.33. The second-order valence-electron chi connectivity index (χ2n) is 5.20. The smallest absolute Gasteiger partial charge is 0.303 e. The van der Waals surface area contributed by atoms with Crippen LogP contribution in [0.2, 0.25) is 0 Å². The van der Waals surface area contributed by atoms with Crippen molar-refractivity contribution < 1.29 is 19.4 Å². The minimum absolute atomic E-state index is 0.129. The monoisotopic (exact) mass is 255 g/mol. The number of carboxylic acid groups (broad SMARTS) is 1. The molecular weight excluding hydrogens is 234 g/mol. The summed E-state index contributed by atoms with van der Waals surface area (Å²) in [6.07, 6.45) is 4.42. The van der Waals surface area contributed by atoms with Gasteiger partial charge in [0, 0.05) is 26.1 Å². The summed E-state index contributed by atoms with van der Waals surface area (Å²) in [6.45, 7) is 2.21. The van der Waals surface area contributed by atoms with E-state index in [0.717, 1.165) is 45.2 Å². The second kappa shape index (κ2) is 6.18. The van der Waals surface area contributed by atoms with Gasteiger partial charge in [-0.2, -0.15) is 0 Å². The molecule has 0 aromatic rings. The molecule has 0 spiro atoms. The summed E-state index contributed by atoms with van der Waals surface area (Å²) in [6, 6.07) is 0. The molecule has 2 rings (SSSR count). The summed E-state index contributed by atoms with van der Waals surface area (Å²) in [5, 5.41) is 8.65. The molecule has 5 heteroatoms. The average Bonchev–Trinajstić information content (AvgIpc) is 2.90. The lowest BCUT2D eigenvalue weighted by Crippen LogP contribution is -2.43. The number of carbonyl (C=O) groups is 2. The highest BCUT2D eigenvalue weighted by Crippen LogP contribution is 2.24. The fourth-order valence-electron chi connectivity index (χ4n) is 2.75. The minimum Gasteiger partial charge on any atom is -0.481 e. The first-order chi connectivity index (χ1) is 8.66. The van der Waals surface area contributed by atoms with E-state index in [2.05, 4.69) is 0 Å². The van der Waals surface area contributed by atoms with Crippen LogP contribution in [-0.4, -0.2) is 47.7 Å². The molecule has 2 aliphatic heterocycles. The van der Waals surface area contributed by atoms with E-state index < -0.39 is 5.97 Å². The Balaban J connectivity index is 1.72.